The Labute approximate surface area is 212 Å². The van der Waals surface area contributed by atoms with Crippen LogP contribution in [0.3, 0.4) is 0 Å². The molecule has 0 spiro atoms. The molecule has 0 bridgehead atoms. The van der Waals surface area contributed by atoms with E-state index >= 15 is 0 Å². The summed E-state index contributed by atoms with van der Waals surface area (Å²) in [4.78, 5) is 58.5. The van der Waals surface area contributed by atoms with Crippen molar-refractivity contribution in [2.24, 2.45) is 0 Å². The summed E-state index contributed by atoms with van der Waals surface area (Å²) in [5.41, 5.74) is 0. The van der Waals surface area contributed by atoms with E-state index in [-0.39, 0.29) is 51.4 Å². The third kappa shape index (κ3) is 16.6. The number of hydrogen-bond acceptors (Lipinski definition) is 13. The first-order chi connectivity index (χ1) is 13.4. The Bertz CT molecular complexity index is 493. The molecule has 11 N–H and O–H groups in total. The van der Waals surface area contributed by atoms with Gasteiger partial charge >= 0.3 is 81.2 Å². The van der Waals surface area contributed by atoms with Crippen molar-refractivity contribution in [3.05, 3.63) is 0 Å². The van der Waals surface area contributed by atoms with E-state index in [4.69, 9.17) is 56.2 Å². The van der Waals surface area contributed by atoms with Crippen LogP contribution >= 0.6 is 0 Å². The molecule has 0 saturated carbocycles. The van der Waals surface area contributed by atoms with Crippen LogP contribution in [0.15, 0.2) is 0 Å². The zero-order valence-corrected chi connectivity index (χ0v) is 18.4. The zero-order chi connectivity index (χ0) is 24.9. The summed E-state index contributed by atoms with van der Waals surface area (Å²) in [6.07, 6.45) is -13.8. The standard InChI is InChI=1S/3C4H6O6.K/c3*5-1(3(7)8)2(6)4(9)10;/h3*1-2,5-6H,(H,7,8)(H,9,10);/q;;;+1/p-1. The number of hydrogen-bond donors (Lipinski definition) is 11. The monoisotopic (exact) mass is 488 g/mol. The van der Waals surface area contributed by atoms with Crippen molar-refractivity contribution >= 4 is 35.8 Å². The third-order valence-electron chi connectivity index (χ3n) is 2.40. The fourth-order valence-electron chi connectivity index (χ4n) is 0.804. The largest absolute Gasteiger partial charge is 1.00 e. The molecule has 0 radical (unpaired) electrons. The van der Waals surface area contributed by atoms with E-state index in [9.17, 15) is 33.9 Å². The van der Waals surface area contributed by atoms with Gasteiger partial charge in [0.2, 0.25) is 0 Å². The van der Waals surface area contributed by atoms with E-state index in [1.807, 2.05) is 0 Å². The Morgan fingerprint density at radius 3 is 0.613 bits per heavy atom. The fraction of sp³-hybridized carbons (Fsp3) is 0.500. The first-order valence-corrected chi connectivity index (χ1v) is 6.83. The van der Waals surface area contributed by atoms with E-state index in [2.05, 4.69) is 0 Å². The molecule has 31 heavy (non-hydrogen) atoms. The van der Waals surface area contributed by atoms with E-state index < -0.39 is 72.4 Å². The molecular weight excluding hydrogens is 471 g/mol. The van der Waals surface area contributed by atoms with Crippen LogP contribution in [0.2, 0.25) is 0 Å². The molecular formula is C12H17KO18. The summed E-state index contributed by atoms with van der Waals surface area (Å²) in [5.74, 6) is -10.9. The Morgan fingerprint density at radius 1 is 0.419 bits per heavy atom. The Balaban J connectivity index is -0.000000174. The maximum Gasteiger partial charge on any atom is 1.00 e. The van der Waals surface area contributed by atoms with Gasteiger partial charge in [0, 0.05) is 0 Å². The predicted octanol–water partition coefficient (Wildman–Crippen LogP) is -10.7. The first-order valence-electron chi connectivity index (χ1n) is 6.83. The predicted molar refractivity (Wildman–Crippen MR) is 79.2 cm³/mol. The quantitative estimate of drug-likeness (QED) is 0.134. The van der Waals surface area contributed by atoms with Crippen molar-refractivity contribution in [3.63, 3.8) is 0 Å². The molecule has 0 rings (SSSR count). The summed E-state index contributed by atoms with van der Waals surface area (Å²) in [6.45, 7) is 0. The van der Waals surface area contributed by atoms with Crippen molar-refractivity contribution in [2.75, 3.05) is 0 Å². The zero-order valence-electron chi connectivity index (χ0n) is 15.2. The van der Waals surface area contributed by atoms with Gasteiger partial charge in [-0.3, -0.25) is 0 Å². The van der Waals surface area contributed by atoms with E-state index in [0.717, 1.165) is 0 Å². The topological polar surface area (TPSA) is 348 Å². The van der Waals surface area contributed by atoms with Gasteiger partial charge in [0.1, 0.15) is 6.10 Å². The average Bonchev–Trinajstić information content (AvgIpc) is 2.64. The molecule has 6 atom stereocenters. The number of aliphatic hydroxyl groups excluding tert-OH is 6. The summed E-state index contributed by atoms with van der Waals surface area (Å²) in [6, 6.07) is 0. The Hall–Kier alpha value is -1.78. The molecule has 0 amide bonds. The molecule has 0 heterocycles. The minimum absolute atomic E-state index is 0. The molecule has 19 heteroatoms. The number of carboxylic acid groups (broad SMARTS) is 6. The second kappa shape index (κ2) is 17.9. The number of carboxylic acids is 6. The molecule has 0 aliphatic carbocycles. The van der Waals surface area contributed by atoms with Gasteiger partial charge in [0.25, 0.3) is 0 Å². The van der Waals surface area contributed by atoms with Gasteiger partial charge in [-0.1, -0.05) is 0 Å². The van der Waals surface area contributed by atoms with Gasteiger partial charge in [-0.2, -0.15) is 0 Å². The molecule has 18 nitrogen and oxygen atoms in total. The molecule has 6 unspecified atom stereocenters. The van der Waals surface area contributed by atoms with Crippen LogP contribution in [0.5, 0.6) is 0 Å². The van der Waals surface area contributed by atoms with E-state index in [0.29, 0.717) is 0 Å². The summed E-state index contributed by atoms with van der Waals surface area (Å²) < 4.78 is 0. The number of aliphatic carboxylic acids is 6. The van der Waals surface area contributed by atoms with E-state index in [1.165, 1.54) is 0 Å². The number of carbonyl (C=O) groups is 6. The van der Waals surface area contributed by atoms with Crippen molar-refractivity contribution in [1.29, 1.82) is 0 Å². The molecule has 0 aromatic carbocycles. The minimum Gasteiger partial charge on any atom is -0.547 e. The maximum atomic E-state index is 9.77. The molecule has 0 aromatic rings. The van der Waals surface area contributed by atoms with Gasteiger partial charge in [0.15, 0.2) is 30.5 Å². The van der Waals surface area contributed by atoms with Gasteiger partial charge in [-0.15, -0.1) is 0 Å². The van der Waals surface area contributed by atoms with Crippen molar-refractivity contribution in [3.8, 4) is 0 Å². The summed E-state index contributed by atoms with van der Waals surface area (Å²) in [7, 11) is 0. The SMILES string of the molecule is O=C(O)C(O)C(O)C(=O)O.O=C(O)C(O)C(O)C(=O)O.O=C([O-])C(O)C(O)C(=O)O.[K+]. The minimum atomic E-state index is -2.38. The van der Waals surface area contributed by atoms with Crippen LogP contribution in [0.25, 0.3) is 0 Å². The van der Waals surface area contributed by atoms with Gasteiger partial charge in [-0.05, 0) is 0 Å². The number of aliphatic hydroxyl groups is 6. The number of carbonyl (C=O) groups excluding carboxylic acids is 1. The van der Waals surface area contributed by atoms with Crippen molar-refractivity contribution in [1.82, 2.24) is 0 Å². The van der Waals surface area contributed by atoms with Gasteiger partial charge in [-0.25, -0.2) is 24.0 Å². The second-order valence-corrected chi connectivity index (χ2v) is 4.68. The maximum absolute atomic E-state index is 9.77. The van der Waals surface area contributed by atoms with Crippen LogP contribution in [-0.2, 0) is 28.8 Å². The Kier molecular flexibility index (Phi) is 21.1. The summed E-state index contributed by atoms with van der Waals surface area (Å²) in [5, 5.41) is 99.2. The van der Waals surface area contributed by atoms with Crippen molar-refractivity contribution in [2.45, 2.75) is 36.6 Å². The normalized spacial score (nSPS) is 15.3. The molecule has 0 aliphatic rings. The fourth-order valence-corrected chi connectivity index (χ4v) is 0.804. The molecule has 0 aliphatic heterocycles. The second-order valence-electron chi connectivity index (χ2n) is 4.68. The molecule has 0 aromatic heterocycles. The number of rotatable bonds is 9. The van der Waals surface area contributed by atoms with E-state index in [1.54, 1.807) is 0 Å². The van der Waals surface area contributed by atoms with Crippen LogP contribution < -0.4 is 56.5 Å². The first kappa shape index (κ1) is 36.6. The molecule has 0 fully saturated rings. The van der Waals surface area contributed by atoms with Crippen LogP contribution in [0.4, 0.5) is 0 Å². The van der Waals surface area contributed by atoms with Gasteiger partial charge < -0.3 is 66.1 Å². The average molecular weight is 488 g/mol. The third-order valence-corrected chi connectivity index (χ3v) is 2.40. The van der Waals surface area contributed by atoms with Crippen LogP contribution in [0.1, 0.15) is 0 Å². The smallest absolute Gasteiger partial charge is 0.547 e. The van der Waals surface area contributed by atoms with Crippen LogP contribution in [0, 0.1) is 0 Å². The molecule has 0 saturated heterocycles. The Morgan fingerprint density at radius 2 is 0.548 bits per heavy atom. The molecule has 174 valence electrons. The van der Waals surface area contributed by atoms with Crippen molar-refractivity contribution < 1.29 is 141 Å². The van der Waals surface area contributed by atoms with Crippen LogP contribution in [-0.4, -0.2) is 129 Å². The van der Waals surface area contributed by atoms with Gasteiger partial charge in [0.05, 0.1) is 5.97 Å². The summed E-state index contributed by atoms with van der Waals surface area (Å²) >= 11 is 0.